The summed E-state index contributed by atoms with van der Waals surface area (Å²) in [4.78, 5) is 12.8. The van der Waals surface area contributed by atoms with Crippen LogP contribution in [0.5, 0.6) is 0 Å². The summed E-state index contributed by atoms with van der Waals surface area (Å²) in [5, 5.41) is 7.75. The first-order valence-electron chi connectivity index (χ1n) is 9.14. The molecule has 0 saturated heterocycles. The SMILES string of the molecule is Cc1ccccc1CNC(=O)c1nn(-c2ccccc2C)c2c1CCC2. The van der Waals surface area contributed by atoms with Gasteiger partial charge in [-0.3, -0.25) is 4.79 Å². The summed E-state index contributed by atoms with van der Waals surface area (Å²) in [6.07, 6.45) is 2.98. The van der Waals surface area contributed by atoms with Crippen molar-refractivity contribution in [1.82, 2.24) is 15.1 Å². The second kappa shape index (κ2) is 6.79. The molecular weight excluding hydrogens is 322 g/mol. The highest BCUT2D eigenvalue weighted by molar-refractivity contribution is 5.94. The molecule has 0 saturated carbocycles. The van der Waals surface area contributed by atoms with E-state index in [-0.39, 0.29) is 5.91 Å². The lowest BCUT2D eigenvalue weighted by Gasteiger charge is -2.09. The predicted molar refractivity (Wildman–Crippen MR) is 103 cm³/mol. The van der Waals surface area contributed by atoms with Crippen LogP contribution in [0, 0.1) is 13.8 Å². The zero-order valence-electron chi connectivity index (χ0n) is 15.2. The van der Waals surface area contributed by atoms with Crippen LogP contribution >= 0.6 is 0 Å². The Morgan fingerprint density at radius 1 is 1.04 bits per heavy atom. The van der Waals surface area contributed by atoms with Crippen LogP contribution in [0.1, 0.15) is 44.9 Å². The zero-order chi connectivity index (χ0) is 18.1. The minimum absolute atomic E-state index is 0.0845. The van der Waals surface area contributed by atoms with E-state index in [9.17, 15) is 4.79 Å². The molecule has 132 valence electrons. The molecule has 0 spiro atoms. The lowest BCUT2D eigenvalue weighted by molar-refractivity contribution is 0.0944. The summed E-state index contributed by atoms with van der Waals surface area (Å²) < 4.78 is 1.97. The molecule has 0 aliphatic heterocycles. The molecule has 1 aliphatic carbocycles. The normalized spacial score (nSPS) is 12.8. The summed E-state index contributed by atoms with van der Waals surface area (Å²) in [6.45, 7) is 4.67. The van der Waals surface area contributed by atoms with Crippen molar-refractivity contribution in [2.75, 3.05) is 0 Å². The minimum atomic E-state index is -0.0845. The molecule has 1 aromatic heterocycles. The van der Waals surface area contributed by atoms with Gasteiger partial charge in [-0.05, 0) is 55.9 Å². The second-order valence-corrected chi connectivity index (χ2v) is 6.93. The van der Waals surface area contributed by atoms with Gasteiger partial charge in [-0.1, -0.05) is 42.5 Å². The van der Waals surface area contributed by atoms with Crippen LogP contribution in [0.2, 0.25) is 0 Å². The molecule has 1 N–H and O–H groups in total. The molecule has 4 heteroatoms. The summed E-state index contributed by atoms with van der Waals surface area (Å²) in [5.74, 6) is -0.0845. The van der Waals surface area contributed by atoms with Gasteiger partial charge < -0.3 is 5.32 Å². The standard InChI is InChI=1S/C22H23N3O/c1-15-8-3-5-10-17(15)14-23-22(26)21-18-11-7-13-20(18)25(24-21)19-12-6-4-9-16(19)2/h3-6,8-10,12H,7,11,13-14H2,1-2H3,(H,23,26). The maximum Gasteiger partial charge on any atom is 0.272 e. The van der Waals surface area contributed by atoms with Gasteiger partial charge in [0.15, 0.2) is 5.69 Å². The number of benzene rings is 2. The Kier molecular flexibility index (Phi) is 4.33. The topological polar surface area (TPSA) is 46.9 Å². The second-order valence-electron chi connectivity index (χ2n) is 6.93. The Labute approximate surface area is 153 Å². The van der Waals surface area contributed by atoms with Crippen molar-refractivity contribution in [2.24, 2.45) is 0 Å². The minimum Gasteiger partial charge on any atom is -0.347 e. The number of fused-ring (bicyclic) bond motifs is 1. The van der Waals surface area contributed by atoms with Crippen LogP contribution in [0.4, 0.5) is 0 Å². The number of aromatic nitrogens is 2. The fraction of sp³-hybridized carbons (Fsp3) is 0.273. The number of amides is 1. The highest BCUT2D eigenvalue weighted by Crippen LogP contribution is 2.28. The summed E-state index contributed by atoms with van der Waals surface area (Å²) in [5.41, 5.74) is 7.41. The zero-order valence-corrected chi connectivity index (χ0v) is 15.2. The lowest BCUT2D eigenvalue weighted by atomic mass is 10.1. The monoisotopic (exact) mass is 345 g/mol. The Balaban J connectivity index is 1.63. The molecule has 1 heterocycles. The molecule has 4 rings (SSSR count). The Bertz CT molecular complexity index is 971. The van der Waals surface area contributed by atoms with Crippen LogP contribution < -0.4 is 5.32 Å². The van der Waals surface area contributed by atoms with E-state index in [0.29, 0.717) is 12.2 Å². The smallest absolute Gasteiger partial charge is 0.272 e. The Morgan fingerprint density at radius 2 is 1.77 bits per heavy atom. The van der Waals surface area contributed by atoms with Gasteiger partial charge in [0, 0.05) is 17.8 Å². The molecular formula is C22H23N3O. The van der Waals surface area contributed by atoms with Crippen LogP contribution in [-0.2, 0) is 19.4 Å². The van der Waals surface area contributed by atoms with Gasteiger partial charge in [-0.25, -0.2) is 4.68 Å². The number of carbonyl (C=O) groups is 1. The van der Waals surface area contributed by atoms with Gasteiger partial charge in [0.25, 0.3) is 5.91 Å². The number of hydrogen-bond acceptors (Lipinski definition) is 2. The van der Waals surface area contributed by atoms with Gasteiger partial charge in [0.2, 0.25) is 0 Å². The van der Waals surface area contributed by atoms with E-state index in [4.69, 9.17) is 5.10 Å². The molecule has 26 heavy (non-hydrogen) atoms. The predicted octanol–water partition coefficient (Wildman–Crippen LogP) is 3.91. The van der Waals surface area contributed by atoms with E-state index < -0.39 is 0 Å². The molecule has 2 aromatic carbocycles. The molecule has 0 radical (unpaired) electrons. The number of para-hydroxylation sites is 1. The lowest BCUT2D eigenvalue weighted by Crippen LogP contribution is -2.24. The molecule has 4 nitrogen and oxygen atoms in total. The third-order valence-corrected chi connectivity index (χ3v) is 5.19. The molecule has 0 bridgehead atoms. The van der Waals surface area contributed by atoms with E-state index in [1.807, 2.05) is 35.0 Å². The van der Waals surface area contributed by atoms with Gasteiger partial charge >= 0.3 is 0 Å². The van der Waals surface area contributed by atoms with Crippen LogP contribution in [-0.4, -0.2) is 15.7 Å². The Morgan fingerprint density at radius 3 is 2.54 bits per heavy atom. The van der Waals surface area contributed by atoms with Crippen molar-refractivity contribution in [3.63, 3.8) is 0 Å². The number of nitrogens with zero attached hydrogens (tertiary/aromatic N) is 2. The maximum absolute atomic E-state index is 12.8. The fourth-order valence-corrected chi connectivity index (χ4v) is 3.69. The highest BCUT2D eigenvalue weighted by Gasteiger charge is 2.27. The third-order valence-electron chi connectivity index (χ3n) is 5.19. The largest absolute Gasteiger partial charge is 0.347 e. The molecule has 0 fully saturated rings. The van der Waals surface area contributed by atoms with Crippen molar-refractivity contribution in [1.29, 1.82) is 0 Å². The van der Waals surface area contributed by atoms with E-state index >= 15 is 0 Å². The van der Waals surface area contributed by atoms with E-state index in [1.54, 1.807) is 0 Å². The van der Waals surface area contributed by atoms with Gasteiger partial charge in [-0.2, -0.15) is 5.10 Å². The number of rotatable bonds is 4. The van der Waals surface area contributed by atoms with E-state index in [2.05, 4.69) is 37.4 Å². The van der Waals surface area contributed by atoms with Crippen LogP contribution in [0.15, 0.2) is 48.5 Å². The molecule has 3 aromatic rings. The first kappa shape index (κ1) is 16.6. The first-order valence-corrected chi connectivity index (χ1v) is 9.14. The van der Waals surface area contributed by atoms with Gasteiger partial charge in [0.1, 0.15) is 0 Å². The molecule has 1 aliphatic rings. The molecule has 0 atom stereocenters. The van der Waals surface area contributed by atoms with Crippen molar-refractivity contribution in [3.8, 4) is 5.69 Å². The van der Waals surface area contributed by atoms with Crippen molar-refractivity contribution in [2.45, 2.75) is 39.7 Å². The quantitative estimate of drug-likeness (QED) is 0.779. The summed E-state index contributed by atoms with van der Waals surface area (Å²) in [7, 11) is 0. The van der Waals surface area contributed by atoms with E-state index in [0.717, 1.165) is 41.6 Å². The summed E-state index contributed by atoms with van der Waals surface area (Å²) in [6, 6.07) is 16.3. The van der Waals surface area contributed by atoms with Crippen molar-refractivity contribution >= 4 is 5.91 Å². The van der Waals surface area contributed by atoms with Gasteiger partial charge in [0.05, 0.1) is 5.69 Å². The van der Waals surface area contributed by atoms with E-state index in [1.165, 1.54) is 11.3 Å². The number of carbonyl (C=O) groups excluding carboxylic acids is 1. The molecule has 1 amide bonds. The fourth-order valence-electron chi connectivity index (χ4n) is 3.69. The van der Waals surface area contributed by atoms with Gasteiger partial charge in [-0.15, -0.1) is 0 Å². The van der Waals surface area contributed by atoms with Crippen molar-refractivity contribution < 1.29 is 4.79 Å². The average molecular weight is 345 g/mol. The summed E-state index contributed by atoms with van der Waals surface area (Å²) >= 11 is 0. The number of nitrogens with one attached hydrogen (secondary N) is 1. The third kappa shape index (κ3) is 2.92. The highest BCUT2D eigenvalue weighted by atomic mass is 16.1. The Hall–Kier alpha value is -2.88. The van der Waals surface area contributed by atoms with Crippen LogP contribution in [0.3, 0.4) is 0 Å². The van der Waals surface area contributed by atoms with Crippen LogP contribution in [0.25, 0.3) is 5.69 Å². The first-order chi connectivity index (χ1) is 12.6. The average Bonchev–Trinajstić information content (AvgIpc) is 3.24. The maximum atomic E-state index is 12.8. The molecule has 0 unspecified atom stereocenters. The number of aryl methyl sites for hydroxylation is 2. The number of hydrogen-bond donors (Lipinski definition) is 1. The van der Waals surface area contributed by atoms with Crippen molar-refractivity contribution in [3.05, 3.63) is 82.2 Å².